The van der Waals surface area contributed by atoms with Gasteiger partial charge < -0.3 is 4.90 Å². The van der Waals surface area contributed by atoms with Gasteiger partial charge in [0, 0.05) is 30.1 Å². The van der Waals surface area contributed by atoms with Crippen molar-refractivity contribution in [1.29, 1.82) is 0 Å². The molecule has 0 N–H and O–H groups in total. The minimum atomic E-state index is 0.0730. The number of carbonyl (C=O) groups is 1. The van der Waals surface area contributed by atoms with Crippen molar-refractivity contribution in [2.75, 3.05) is 6.54 Å². The van der Waals surface area contributed by atoms with Crippen LogP contribution >= 0.6 is 0 Å². The van der Waals surface area contributed by atoms with E-state index in [1.54, 1.807) is 17.2 Å². The first kappa shape index (κ1) is 16.4. The molecule has 26 heavy (non-hydrogen) atoms. The Labute approximate surface area is 151 Å². The van der Waals surface area contributed by atoms with E-state index in [-0.39, 0.29) is 11.9 Å². The summed E-state index contributed by atoms with van der Waals surface area (Å²) in [5.74, 6) is 0.622. The Hall–Kier alpha value is -3.09. The van der Waals surface area contributed by atoms with Gasteiger partial charge in [0.1, 0.15) is 0 Å². The molecule has 2 aromatic heterocycles. The number of benzene rings is 1. The fourth-order valence-corrected chi connectivity index (χ4v) is 3.36. The van der Waals surface area contributed by atoms with Crippen molar-refractivity contribution in [3.05, 3.63) is 59.9 Å². The molecule has 7 heteroatoms. The topological polar surface area (TPSA) is 76.8 Å². The summed E-state index contributed by atoms with van der Waals surface area (Å²) in [5.41, 5.74) is 2.66. The van der Waals surface area contributed by atoms with Gasteiger partial charge in [-0.3, -0.25) is 9.78 Å². The van der Waals surface area contributed by atoms with E-state index in [2.05, 4.69) is 20.4 Å². The number of rotatable bonds is 4. The smallest absolute Gasteiger partial charge is 0.254 e. The second-order valence-electron chi connectivity index (χ2n) is 6.57. The fourth-order valence-electron chi connectivity index (χ4n) is 3.36. The highest BCUT2D eigenvalue weighted by molar-refractivity contribution is 5.94. The van der Waals surface area contributed by atoms with E-state index in [1.807, 2.05) is 48.2 Å². The van der Waals surface area contributed by atoms with Crippen LogP contribution in [0.15, 0.2) is 48.8 Å². The number of tetrazole rings is 1. The molecule has 1 atom stereocenters. The number of nitrogens with zero attached hydrogens (tertiary/aromatic N) is 6. The number of likely N-dealkylation sites (tertiary alicyclic amines) is 1. The summed E-state index contributed by atoms with van der Waals surface area (Å²) in [6.07, 6.45) is 5.36. The predicted molar refractivity (Wildman–Crippen MR) is 96.3 cm³/mol. The summed E-state index contributed by atoms with van der Waals surface area (Å²) in [7, 11) is 0. The van der Waals surface area contributed by atoms with Gasteiger partial charge in [-0.25, -0.2) is 0 Å². The van der Waals surface area contributed by atoms with Crippen molar-refractivity contribution in [3.63, 3.8) is 0 Å². The summed E-state index contributed by atoms with van der Waals surface area (Å²) in [4.78, 5) is 20.5. The van der Waals surface area contributed by atoms with E-state index < -0.39 is 0 Å². The van der Waals surface area contributed by atoms with Crippen LogP contribution in [-0.4, -0.2) is 48.6 Å². The van der Waals surface area contributed by atoms with Crippen molar-refractivity contribution in [2.45, 2.75) is 32.4 Å². The zero-order chi connectivity index (χ0) is 17.9. The van der Waals surface area contributed by atoms with Crippen molar-refractivity contribution in [2.24, 2.45) is 0 Å². The molecule has 1 aliphatic heterocycles. The van der Waals surface area contributed by atoms with Crippen LogP contribution in [0.4, 0.5) is 0 Å². The van der Waals surface area contributed by atoms with Gasteiger partial charge in [0.2, 0.25) is 5.82 Å². The van der Waals surface area contributed by atoms with Crippen molar-refractivity contribution in [3.8, 4) is 11.4 Å². The lowest BCUT2D eigenvalue weighted by molar-refractivity contribution is 0.0717. The van der Waals surface area contributed by atoms with Gasteiger partial charge in [0.25, 0.3) is 5.91 Å². The molecule has 132 valence electrons. The zero-order valence-electron chi connectivity index (χ0n) is 14.6. The molecule has 0 bridgehead atoms. The molecular formula is C19H20N6O. The molecule has 0 spiro atoms. The van der Waals surface area contributed by atoms with Gasteiger partial charge in [-0.05, 0) is 49.2 Å². The Balaban J connectivity index is 1.49. The molecule has 3 heterocycles. The molecule has 1 aromatic carbocycles. The first-order chi connectivity index (χ1) is 12.7. The van der Waals surface area contributed by atoms with Gasteiger partial charge in [-0.1, -0.05) is 17.7 Å². The summed E-state index contributed by atoms with van der Waals surface area (Å²) < 4.78 is 0. The van der Waals surface area contributed by atoms with E-state index in [1.165, 1.54) is 0 Å². The van der Waals surface area contributed by atoms with Gasteiger partial charge in [0.05, 0.1) is 12.6 Å². The van der Waals surface area contributed by atoms with Crippen LogP contribution in [0.5, 0.6) is 0 Å². The zero-order valence-corrected chi connectivity index (χ0v) is 14.6. The Bertz CT molecular complexity index is 907. The minimum absolute atomic E-state index is 0.0730. The molecule has 0 saturated carbocycles. The number of hydrogen-bond donors (Lipinski definition) is 0. The van der Waals surface area contributed by atoms with E-state index in [0.717, 1.165) is 36.1 Å². The van der Waals surface area contributed by atoms with Gasteiger partial charge in [0.15, 0.2) is 0 Å². The third-order valence-corrected chi connectivity index (χ3v) is 4.65. The molecule has 1 aliphatic rings. The number of hydrogen-bond acceptors (Lipinski definition) is 5. The molecule has 7 nitrogen and oxygen atoms in total. The van der Waals surface area contributed by atoms with E-state index in [9.17, 15) is 4.79 Å². The number of aryl methyl sites for hydroxylation is 1. The highest BCUT2D eigenvalue weighted by Gasteiger charge is 2.30. The van der Waals surface area contributed by atoms with E-state index >= 15 is 0 Å². The largest absolute Gasteiger partial charge is 0.334 e. The Kier molecular flexibility index (Phi) is 4.43. The summed E-state index contributed by atoms with van der Waals surface area (Å²) in [6, 6.07) is 11.6. The molecule has 4 rings (SSSR count). The third kappa shape index (κ3) is 3.33. The van der Waals surface area contributed by atoms with Crippen LogP contribution in [-0.2, 0) is 6.54 Å². The number of carbonyl (C=O) groups excluding carboxylic acids is 1. The average Bonchev–Trinajstić information content (AvgIpc) is 3.32. The van der Waals surface area contributed by atoms with Crippen LogP contribution in [0, 0.1) is 6.92 Å². The van der Waals surface area contributed by atoms with Crippen molar-refractivity contribution in [1.82, 2.24) is 30.1 Å². The maximum atomic E-state index is 12.9. The maximum Gasteiger partial charge on any atom is 0.254 e. The molecule has 1 saturated heterocycles. The molecule has 1 amide bonds. The van der Waals surface area contributed by atoms with Gasteiger partial charge in [-0.15, -0.1) is 10.2 Å². The van der Waals surface area contributed by atoms with Crippen molar-refractivity contribution < 1.29 is 4.79 Å². The molecule has 0 unspecified atom stereocenters. The highest BCUT2D eigenvalue weighted by Crippen LogP contribution is 2.22. The SMILES string of the molecule is Cc1cccc(C(=O)N2CCC[C@H]2Cn2nnc(-c3cccnc3)n2)c1. The minimum Gasteiger partial charge on any atom is -0.334 e. The lowest BCUT2D eigenvalue weighted by Crippen LogP contribution is -2.38. The summed E-state index contributed by atoms with van der Waals surface area (Å²) >= 11 is 0. The van der Waals surface area contributed by atoms with Crippen LogP contribution in [0.1, 0.15) is 28.8 Å². The fraction of sp³-hybridized carbons (Fsp3) is 0.316. The number of aromatic nitrogens is 5. The maximum absolute atomic E-state index is 12.9. The van der Waals surface area contributed by atoms with E-state index in [4.69, 9.17) is 0 Å². The molecule has 0 aliphatic carbocycles. The Morgan fingerprint density at radius 2 is 2.19 bits per heavy atom. The molecule has 1 fully saturated rings. The number of pyridine rings is 1. The van der Waals surface area contributed by atoms with Crippen LogP contribution in [0.25, 0.3) is 11.4 Å². The first-order valence-electron chi connectivity index (χ1n) is 8.76. The standard InChI is InChI=1S/C19H20N6O/c1-14-5-2-6-15(11-14)19(26)24-10-4-8-17(24)13-25-22-18(21-23-25)16-7-3-9-20-12-16/h2-3,5-7,9,11-12,17H,4,8,10,13H2,1H3/t17-/m0/s1. The van der Waals surface area contributed by atoms with Gasteiger partial charge in [-0.2, -0.15) is 4.80 Å². The van der Waals surface area contributed by atoms with E-state index in [0.29, 0.717) is 12.4 Å². The number of amides is 1. The summed E-state index contributed by atoms with van der Waals surface area (Å²) in [6.45, 7) is 3.31. The van der Waals surface area contributed by atoms with Crippen molar-refractivity contribution >= 4 is 5.91 Å². The molecule has 0 radical (unpaired) electrons. The Morgan fingerprint density at radius 3 is 3.00 bits per heavy atom. The quantitative estimate of drug-likeness (QED) is 0.723. The van der Waals surface area contributed by atoms with Crippen LogP contribution in [0.3, 0.4) is 0 Å². The third-order valence-electron chi connectivity index (χ3n) is 4.65. The predicted octanol–water partition coefficient (Wildman–Crippen LogP) is 2.35. The van der Waals surface area contributed by atoms with Gasteiger partial charge >= 0.3 is 0 Å². The average molecular weight is 348 g/mol. The molecular weight excluding hydrogens is 328 g/mol. The second-order valence-corrected chi connectivity index (χ2v) is 6.57. The lowest BCUT2D eigenvalue weighted by Gasteiger charge is -2.24. The van der Waals surface area contributed by atoms with Crippen LogP contribution in [0.2, 0.25) is 0 Å². The highest BCUT2D eigenvalue weighted by atomic mass is 16.2. The monoisotopic (exact) mass is 348 g/mol. The van der Waals surface area contributed by atoms with Crippen LogP contribution < -0.4 is 0 Å². The first-order valence-corrected chi connectivity index (χ1v) is 8.76. The second kappa shape index (κ2) is 7.03. The normalized spacial score (nSPS) is 16.8. The molecule has 3 aromatic rings. The lowest BCUT2D eigenvalue weighted by atomic mass is 10.1. The summed E-state index contributed by atoms with van der Waals surface area (Å²) in [5, 5.41) is 12.7. The Morgan fingerprint density at radius 1 is 1.27 bits per heavy atom.